The van der Waals surface area contributed by atoms with Crippen LogP contribution in [0.3, 0.4) is 0 Å². The number of nitriles is 2. The Bertz CT molecular complexity index is 1010. The van der Waals surface area contributed by atoms with Crippen molar-refractivity contribution in [3.05, 3.63) is 63.7 Å². The fourth-order valence-electron chi connectivity index (χ4n) is 2.97. The van der Waals surface area contributed by atoms with Crippen molar-refractivity contribution in [3.8, 4) is 12.1 Å². The third-order valence-corrected chi connectivity index (χ3v) is 4.99. The highest BCUT2D eigenvalue weighted by atomic mass is 35.5. The Morgan fingerprint density at radius 1 is 1.21 bits per heavy atom. The van der Waals surface area contributed by atoms with Crippen LogP contribution in [0.1, 0.15) is 42.4 Å². The van der Waals surface area contributed by atoms with Crippen LogP contribution in [-0.2, 0) is 16.0 Å². The molecule has 29 heavy (non-hydrogen) atoms. The van der Waals surface area contributed by atoms with E-state index in [1.54, 1.807) is 43.3 Å². The van der Waals surface area contributed by atoms with E-state index in [1.807, 2.05) is 6.92 Å². The average molecular weight is 411 g/mol. The number of aliphatic hydroxyl groups is 1. The van der Waals surface area contributed by atoms with E-state index >= 15 is 0 Å². The van der Waals surface area contributed by atoms with E-state index in [0.717, 1.165) is 5.56 Å². The second-order valence-corrected chi connectivity index (χ2v) is 6.88. The van der Waals surface area contributed by atoms with Crippen LogP contribution in [0.25, 0.3) is 0 Å². The van der Waals surface area contributed by atoms with Gasteiger partial charge in [-0.25, -0.2) is 0 Å². The first kappa shape index (κ1) is 20.5. The van der Waals surface area contributed by atoms with Gasteiger partial charge in [0.2, 0.25) is 0 Å². The van der Waals surface area contributed by atoms with Crippen molar-refractivity contribution in [2.24, 2.45) is 5.16 Å². The summed E-state index contributed by atoms with van der Waals surface area (Å²) in [6.45, 7) is 3.54. The molecule has 1 aliphatic rings. The predicted octanol–water partition coefficient (Wildman–Crippen LogP) is 3.87. The number of nitrogens with zero attached hydrogens (tertiary/aromatic N) is 3. The Morgan fingerprint density at radius 3 is 2.52 bits per heavy atom. The van der Waals surface area contributed by atoms with E-state index in [1.165, 1.54) is 0 Å². The van der Waals surface area contributed by atoms with E-state index in [-0.39, 0.29) is 5.90 Å². The van der Waals surface area contributed by atoms with Crippen LogP contribution in [0, 0.1) is 22.7 Å². The van der Waals surface area contributed by atoms with E-state index < -0.39 is 18.4 Å². The number of benzene rings is 2. The summed E-state index contributed by atoms with van der Waals surface area (Å²) in [6.07, 6.45) is -1.02. The lowest BCUT2D eigenvalue weighted by molar-refractivity contribution is -0.0513. The maximum atomic E-state index is 10.3. The van der Waals surface area contributed by atoms with Gasteiger partial charge in [-0.1, -0.05) is 30.7 Å². The van der Waals surface area contributed by atoms with Crippen molar-refractivity contribution >= 4 is 23.2 Å². The fourth-order valence-corrected chi connectivity index (χ4v) is 3.31. The van der Waals surface area contributed by atoms with Gasteiger partial charge in [0.05, 0.1) is 28.3 Å². The Hall–Kier alpha value is -3.26. The van der Waals surface area contributed by atoms with Crippen LogP contribution >= 0.6 is 11.6 Å². The summed E-state index contributed by atoms with van der Waals surface area (Å²) < 4.78 is 5.80. The van der Waals surface area contributed by atoms with E-state index in [2.05, 4.69) is 22.6 Å². The molecule has 2 aromatic rings. The summed E-state index contributed by atoms with van der Waals surface area (Å²) in [5.74, 6) is 0.192. The predicted molar refractivity (Wildman–Crippen MR) is 108 cm³/mol. The molecule has 0 saturated heterocycles. The van der Waals surface area contributed by atoms with Gasteiger partial charge < -0.3 is 20.0 Å². The fraction of sp³-hybridized carbons (Fsp3) is 0.286. The van der Waals surface area contributed by atoms with E-state index in [0.29, 0.717) is 33.8 Å². The number of aliphatic hydroxyl groups excluding tert-OH is 1. The van der Waals surface area contributed by atoms with E-state index in [9.17, 15) is 10.4 Å². The van der Waals surface area contributed by atoms with Gasteiger partial charge in [0, 0.05) is 11.3 Å². The van der Waals surface area contributed by atoms with Crippen LogP contribution in [0.2, 0.25) is 5.02 Å². The molecule has 0 fully saturated rings. The molecule has 1 unspecified atom stereocenters. The Labute approximate surface area is 173 Å². The van der Waals surface area contributed by atoms with Gasteiger partial charge in [-0.05, 0) is 48.3 Å². The standard InChI is InChI=1S/C21H19ClN4O3/c1-3-16-17(9-8-15(11-24)18(16)22)25-19(12(2)27)20-26-29-21(28-20)14-6-4-13(10-23)5-7-14/h4-9,12,19,21,25,27H,3H2,1-2H3/t12-,19+,21?/m0/s1. The molecule has 0 spiro atoms. The van der Waals surface area contributed by atoms with Crippen LogP contribution in [0.5, 0.6) is 0 Å². The normalized spacial score (nSPS) is 17.2. The van der Waals surface area contributed by atoms with Crippen LogP contribution in [0.15, 0.2) is 41.6 Å². The second-order valence-electron chi connectivity index (χ2n) is 6.50. The molecule has 1 aliphatic heterocycles. The number of oxime groups is 1. The Kier molecular flexibility index (Phi) is 6.23. The molecular formula is C21H19ClN4O3. The number of anilines is 1. The summed E-state index contributed by atoms with van der Waals surface area (Å²) >= 11 is 6.33. The molecule has 1 heterocycles. The van der Waals surface area contributed by atoms with Gasteiger partial charge in [-0.3, -0.25) is 0 Å². The first-order chi connectivity index (χ1) is 14.0. The number of nitrogens with one attached hydrogen (secondary N) is 1. The number of ether oxygens (including phenoxy) is 1. The summed E-state index contributed by atoms with van der Waals surface area (Å²) in [4.78, 5) is 5.37. The molecule has 2 N–H and O–H groups in total. The van der Waals surface area contributed by atoms with Crippen LogP contribution < -0.4 is 5.32 Å². The summed E-state index contributed by atoms with van der Waals surface area (Å²) in [5, 5.41) is 35.9. The zero-order chi connectivity index (χ0) is 21.0. The number of halogens is 1. The van der Waals surface area contributed by atoms with Crippen LogP contribution in [-0.4, -0.2) is 23.2 Å². The topological polar surface area (TPSA) is 111 Å². The molecule has 3 rings (SSSR count). The van der Waals surface area contributed by atoms with Crippen molar-refractivity contribution in [2.45, 2.75) is 38.7 Å². The minimum atomic E-state index is -0.851. The van der Waals surface area contributed by atoms with Gasteiger partial charge in [-0.15, -0.1) is 0 Å². The van der Waals surface area contributed by atoms with Gasteiger partial charge in [0.15, 0.2) is 0 Å². The highest BCUT2D eigenvalue weighted by molar-refractivity contribution is 6.33. The lowest BCUT2D eigenvalue weighted by Gasteiger charge is -2.23. The van der Waals surface area contributed by atoms with Gasteiger partial charge in [0.1, 0.15) is 12.1 Å². The molecule has 0 aliphatic carbocycles. The van der Waals surface area contributed by atoms with Crippen molar-refractivity contribution in [1.82, 2.24) is 0 Å². The Balaban J connectivity index is 1.80. The molecule has 0 aromatic heterocycles. The monoisotopic (exact) mass is 410 g/mol. The van der Waals surface area contributed by atoms with Crippen LogP contribution in [0.4, 0.5) is 5.69 Å². The lowest BCUT2D eigenvalue weighted by Crippen LogP contribution is -2.39. The molecular weight excluding hydrogens is 392 g/mol. The molecule has 0 amide bonds. The summed E-state index contributed by atoms with van der Waals surface area (Å²) in [6, 6.07) is 13.6. The van der Waals surface area contributed by atoms with Crippen molar-refractivity contribution in [3.63, 3.8) is 0 Å². The Morgan fingerprint density at radius 2 is 1.93 bits per heavy atom. The number of hydrogen-bond donors (Lipinski definition) is 2. The van der Waals surface area contributed by atoms with Gasteiger partial charge in [0.25, 0.3) is 12.2 Å². The smallest absolute Gasteiger partial charge is 0.293 e. The highest BCUT2D eigenvalue weighted by Gasteiger charge is 2.33. The average Bonchev–Trinajstić information content (AvgIpc) is 3.21. The summed E-state index contributed by atoms with van der Waals surface area (Å²) in [5.41, 5.74) is 3.06. The van der Waals surface area contributed by atoms with Crippen molar-refractivity contribution < 1.29 is 14.7 Å². The van der Waals surface area contributed by atoms with Gasteiger partial charge in [-0.2, -0.15) is 10.5 Å². The SMILES string of the molecule is CCc1c(N[C@@H](C2=NOC(c3ccc(C#N)cc3)O2)[C@H](C)O)ccc(C#N)c1Cl. The molecule has 0 saturated carbocycles. The zero-order valence-electron chi connectivity index (χ0n) is 15.9. The number of hydrogen-bond acceptors (Lipinski definition) is 7. The molecule has 2 aromatic carbocycles. The van der Waals surface area contributed by atoms with Crippen molar-refractivity contribution in [1.29, 1.82) is 10.5 Å². The molecule has 8 heteroatoms. The van der Waals surface area contributed by atoms with Gasteiger partial charge >= 0.3 is 0 Å². The minimum Gasteiger partial charge on any atom is -0.430 e. The number of rotatable bonds is 6. The zero-order valence-corrected chi connectivity index (χ0v) is 16.6. The third-order valence-electron chi connectivity index (χ3n) is 4.55. The third kappa shape index (κ3) is 4.27. The van der Waals surface area contributed by atoms with Crippen molar-refractivity contribution in [2.75, 3.05) is 5.32 Å². The molecule has 0 radical (unpaired) electrons. The quantitative estimate of drug-likeness (QED) is 0.747. The summed E-state index contributed by atoms with van der Waals surface area (Å²) in [7, 11) is 0. The molecule has 3 atom stereocenters. The maximum Gasteiger partial charge on any atom is 0.293 e. The molecule has 7 nitrogen and oxygen atoms in total. The first-order valence-electron chi connectivity index (χ1n) is 9.05. The first-order valence-corrected chi connectivity index (χ1v) is 9.42. The van der Waals surface area contributed by atoms with E-state index in [4.69, 9.17) is 26.4 Å². The second kappa shape index (κ2) is 8.83. The highest BCUT2D eigenvalue weighted by Crippen LogP contribution is 2.31. The minimum absolute atomic E-state index is 0.192. The largest absolute Gasteiger partial charge is 0.430 e. The maximum absolute atomic E-state index is 10.3. The lowest BCUT2D eigenvalue weighted by atomic mass is 10.0. The molecule has 148 valence electrons. The molecule has 0 bridgehead atoms.